The standard InChI is InChI=1S/C13H21N3O3/c1-8(2)6-10(13(18)16(4)5)14-12(17)11-7-9(3)15-19-11/h7-8,10H,6H2,1-5H3,(H,14,17). The van der Waals surface area contributed by atoms with Gasteiger partial charge in [0.15, 0.2) is 0 Å². The molecule has 0 aliphatic rings. The first-order chi connectivity index (χ1) is 8.81. The maximum absolute atomic E-state index is 12.0. The van der Waals surface area contributed by atoms with Gasteiger partial charge in [0.1, 0.15) is 6.04 Å². The number of hydrogen-bond donors (Lipinski definition) is 1. The first-order valence-electron chi connectivity index (χ1n) is 6.26. The van der Waals surface area contributed by atoms with Crippen molar-refractivity contribution in [1.29, 1.82) is 0 Å². The van der Waals surface area contributed by atoms with E-state index in [0.29, 0.717) is 18.0 Å². The topological polar surface area (TPSA) is 75.4 Å². The average Bonchev–Trinajstić information content (AvgIpc) is 2.73. The van der Waals surface area contributed by atoms with Crippen molar-refractivity contribution in [3.8, 4) is 0 Å². The molecule has 1 N–H and O–H groups in total. The molecule has 0 bridgehead atoms. The van der Waals surface area contributed by atoms with E-state index >= 15 is 0 Å². The number of rotatable bonds is 5. The van der Waals surface area contributed by atoms with Gasteiger partial charge in [-0.15, -0.1) is 0 Å². The number of amides is 2. The Bertz CT molecular complexity index is 452. The summed E-state index contributed by atoms with van der Waals surface area (Å²) < 4.78 is 4.89. The predicted octanol–water partition coefficient (Wildman–Crippen LogP) is 1.22. The van der Waals surface area contributed by atoms with Crippen LogP contribution < -0.4 is 5.32 Å². The first-order valence-corrected chi connectivity index (χ1v) is 6.26. The number of nitrogens with one attached hydrogen (secondary N) is 1. The Morgan fingerprint density at radius 1 is 1.42 bits per heavy atom. The Balaban J connectivity index is 2.77. The SMILES string of the molecule is Cc1cc(C(=O)NC(CC(C)C)C(=O)N(C)C)on1. The molecule has 6 nitrogen and oxygen atoms in total. The van der Waals surface area contributed by atoms with Gasteiger partial charge in [0.25, 0.3) is 5.91 Å². The molecular formula is C13H21N3O3. The van der Waals surface area contributed by atoms with E-state index in [2.05, 4.69) is 10.5 Å². The molecule has 0 aromatic carbocycles. The molecule has 19 heavy (non-hydrogen) atoms. The van der Waals surface area contributed by atoms with Crippen LogP contribution in [0.5, 0.6) is 0 Å². The Kier molecular flexibility index (Phi) is 5.09. The molecule has 0 fully saturated rings. The molecule has 2 amide bonds. The summed E-state index contributed by atoms with van der Waals surface area (Å²) in [6.45, 7) is 5.73. The van der Waals surface area contributed by atoms with E-state index in [0.717, 1.165) is 0 Å². The number of carbonyl (C=O) groups is 2. The van der Waals surface area contributed by atoms with Gasteiger partial charge in [-0.25, -0.2) is 0 Å². The minimum atomic E-state index is -0.548. The molecule has 1 heterocycles. The largest absolute Gasteiger partial charge is 0.351 e. The highest BCUT2D eigenvalue weighted by Crippen LogP contribution is 2.09. The average molecular weight is 267 g/mol. The molecule has 0 aliphatic carbocycles. The molecule has 1 aromatic rings. The Morgan fingerprint density at radius 2 is 2.05 bits per heavy atom. The van der Waals surface area contributed by atoms with E-state index in [1.165, 1.54) is 4.90 Å². The van der Waals surface area contributed by atoms with Crippen LogP contribution >= 0.6 is 0 Å². The van der Waals surface area contributed by atoms with E-state index in [1.54, 1.807) is 27.1 Å². The fourth-order valence-corrected chi connectivity index (χ4v) is 1.70. The van der Waals surface area contributed by atoms with Crippen molar-refractivity contribution < 1.29 is 14.1 Å². The lowest BCUT2D eigenvalue weighted by Crippen LogP contribution is -2.46. The monoisotopic (exact) mass is 267 g/mol. The summed E-state index contributed by atoms with van der Waals surface area (Å²) in [4.78, 5) is 25.4. The van der Waals surface area contributed by atoms with Crippen molar-refractivity contribution >= 4 is 11.8 Å². The van der Waals surface area contributed by atoms with E-state index in [-0.39, 0.29) is 11.7 Å². The summed E-state index contributed by atoms with van der Waals surface area (Å²) in [5.41, 5.74) is 0.629. The van der Waals surface area contributed by atoms with Crippen LogP contribution in [0.3, 0.4) is 0 Å². The van der Waals surface area contributed by atoms with Gasteiger partial charge < -0.3 is 14.7 Å². The zero-order valence-corrected chi connectivity index (χ0v) is 12.1. The van der Waals surface area contributed by atoms with Gasteiger partial charge in [-0.05, 0) is 19.3 Å². The van der Waals surface area contributed by atoms with Gasteiger partial charge in [0.2, 0.25) is 11.7 Å². The summed E-state index contributed by atoms with van der Waals surface area (Å²) in [5.74, 6) is -0.122. The lowest BCUT2D eigenvalue weighted by Gasteiger charge is -2.22. The number of nitrogens with zero attached hydrogens (tertiary/aromatic N) is 2. The third-order valence-corrected chi connectivity index (χ3v) is 2.60. The molecule has 1 unspecified atom stereocenters. The van der Waals surface area contributed by atoms with Gasteiger partial charge in [0.05, 0.1) is 5.69 Å². The summed E-state index contributed by atoms with van der Waals surface area (Å²) in [7, 11) is 3.33. The fourth-order valence-electron chi connectivity index (χ4n) is 1.70. The van der Waals surface area contributed by atoms with Gasteiger partial charge in [-0.2, -0.15) is 0 Å². The highest BCUT2D eigenvalue weighted by Gasteiger charge is 2.25. The molecule has 0 radical (unpaired) electrons. The zero-order chi connectivity index (χ0) is 14.6. The quantitative estimate of drug-likeness (QED) is 0.870. The molecule has 1 rings (SSSR count). The fraction of sp³-hybridized carbons (Fsp3) is 0.615. The number of aryl methyl sites for hydroxylation is 1. The van der Waals surface area contributed by atoms with Crippen LogP contribution in [-0.2, 0) is 4.79 Å². The number of aromatic nitrogens is 1. The molecule has 1 aromatic heterocycles. The highest BCUT2D eigenvalue weighted by molar-refractivity contribution is 5.95. The molecule has 6 heteroatoms. The zero-order valence-electron chi connectivity index (χ0n) is 12.1. The second kappa shape index (κ2) is 6.36. The van der Waals surface area contributed by atoms with Gasteiger partial charge in [-0.1, -0.05) is 19.0 Å². The van der Waals surface area contributed by atoms with Crippen molar-refractivity contribution in [2.45, 2.75) is 33.2 Å². The number of hydrogen-bond acceptors (Lipinski definition) is 4. The summed E-state index contributed by atoms with van der Waals surface area (Å²) >= 11 is 0. The number of likely N-dealkylation sites (N-methyl/N-ethyl adjacent to an activating group) is 1. The van der Waals surface area contributed by atoms with E-state index in [1.807, 2.05) is 13.8 Å². The van der Waals surface area contributed by atoms with Crippen LogP contribution in [0.2, 0.25) is 0 Å². The maximum Gasteiger partial charge on any atom is 0.290 e. The van der Waals surface area contributed by atoms with Crippen molar-refractivity contribution in [3.63, 3.8) is 0 Å². The lowest BCUT2D eigenvalue weighted by atomic mass is 10.0. The van der Waals surface area contributed by atoms with Crippen LogP contribution in [0, 0.1) is 12.8 Å². The van der Waals surface area contributed by atoms with E-state index in [4.69, 9.17) is 4.52 Å². The van der Waals surface area contributed by atoms with Crippen molar-refractivity contribution in [2.24, 2.45) is 5.92 Å². The molecule has 1 atom stereocenters. The van der Waals surface area contributed by atoms with Gasteiger partial charge in [-0.3, -0.25) is 9.59 Å². The van der Waals surface area contributed by atoms with Crippen LogP contribution in [0.25, 0.3) is 0 Å². The molecule has 0 saturated heterocycles. The van der Waals surface area contributed by atoms with Gasteiger partial charge in [0, 0.05) is 20.2 Å². The van der Waals surface area contributed by atoms with Crippen molar-refractivity contribution in [1.82, 2.24) is 15.4 Å². The lowest BCUT2D eigenvalue weighted by molar-refractivity contribution is -0.131. The third kappa shape index (κ3) is 4.39. The smallest absolute Gasteiger partial charge is 0.290 e. The maximum atomic E-state index is 12.0. The minimum Gasteiger partial charge on any atom is -0.351 e. The predicted molar refractivity (Wildman–Crippen MR) is 70.6 cm³/mol. The van der Waals surface area contributed by atoms with Crippen molar-refractivity contribution in [3.05, 3.63) is 17.5 Å². The number of carbonyl (C=O) groups excluding carboxylic acids is 2. The van der Waals surface area contributed by atoms with Crippen LogP contribution in [-0.4, -0.2) is 42.0 Å². The van der Waals surface area contributed by atoms with Crippen LogP contribution in [0.1, 0.15) is 36.5 Å². The van der Waals surface area contributed by atoms with Crippen LogP contribution in [0.4, 0.5) is 0 Å². The summed E-state index contributed by atoms with van der Waals surface area (Å²) in [6, 6.07) is 0.995. The molecule has 0 saturated carbocycles. The first kappa shape index (κ1) is 15.2. The van der Waals surface area contributed by atoms with Gasteiger partial charge >= 0.3 is 0 Å². The Morgan fingerprint density at radius 3 is 2.47 bits per heavy atom. The molecular weight excluding hydrogens is 246 g/mol. The van der Waals surface area contributed by atoms with Crippen LogP contribution in [0.15, 0.2) is 10.6 Å². The summed E-state index contributed by atoms with van der Waals surface area (Å²) in [5, 5.41) is 6.35. The van der Waals surface area contributed by atoms with E-state index < -0.39 is 11.9 Å². The second-order valence-electron chi connectivity index (χ2n) is 5.22. The normalized spacial score (nSPS) is 12.3. The summed E-state index contributed by atoms with van der Waals surface area (Å²) in [6.07, 6.45) is 0.579. The second-order valence-corrected chi connectivity index (χ2v) is 5.22. The molecule has 0 aliphatic heterocycles. The Labute approximate surface area is 113 Å². The third-order valence-electron chi connectivity index (χ3n) is 2.60. The van der Waals surface area contributed by atoms with E-state index in [9.17, 15) is 9.59 Å². The molecule has 106 valence electrons. The molecule has 0 spiro atoms. The van der Waals surface area contributed by atoms with Crippen molar-refractivity contribution in [2.75, 3.05) is 14.1 Å². The highest BCUT2D eigenvalue weighted by atomic mass is 16.5. The minimum absolute atomic E-state index is 0.123. The Hall–Kier alpha value is -1.85.